The summed E-state index contributed by atoms with van der Waals surface area (Å²) in [6.45, 7) is 10.6. The van der Waals surface area contributed by atoms with Crippen LogP contribution in [0, 0.1) is 5.92 Å². The number of nitrogens with zero attached hydrogens (tertiary/aromatic N) is 2. The number of carbonyl (C=O) groups excluding carboxylic acids is 2. The average Bonchev–Trinajstić information content (AvgIpc) is 3.06. The highest BCUT2D eigenvalue weighted by atomic mass is 16.5. The van der Waals surface area contributed by atoms with Gasteiger partial charge in [0.05, 0.1) is 32.3 Å². The molecule has 0 aromatic heterocycles. The Morgan fingerprint density at radius 3 is 2.29 bits per heavy atom. The Balaban J connectivity index is 1.44. The lowest BCUT2D eigenvalue weighted by Gasteiger charge is -2.34. The van der Waals surface area contributed by atoms with Crippen molar-refractivity contribution < 1.29 is 23.8 Å². The Labute approximate surface area is 203 Å². The molecule has 2 aliphatic heterocycles. The number of amides is 2. The molecule has 1 aromatic carbocycles. The lowest BCUT2D eigenvalue weighted by atomic mass is 9.95. The maximum Gasteiger partial charge on any atom is 0.234 e. The summed E-state index contributed by atoms with van der Waals surface area (Å²) in [5, 5.41) is 6.14. The smallest absolute Gasteiger partial charge is 0.234 e. The minimum atomic E-state index is -0.104. The summed E-state index contributed by atoms with van der Waals surface area (Å²) in [5.41, 5.74) is 1.02. The molecule has 1 aromatic rings. The molecule has 3 rings (SSSR count). The van der Waals surface area contributed by atoms with Crippen LogP contribution in [0.4, 0.5) is 0 Å². The van der Waals surface area contributed by atoms with Gasteiger partial charge in [-0.1, -0.05) is 19.9 Å². The van der Waals surface area contributed by atoms with Crippen LogP contribution in [0.25, 0.3) is 0 Å². The van der Waals surface area contributed by atoms with Crippen molar-refractivity contribution in [3.8, 4) is 11.5 Å². The molecule has 1 atom stereocenters. The zero-order chi connectivity index (χ0) is 24.3. The van der Waals surface area contributed by atoms with E-state index >= 15 is 0 Å². The molecule has 0 saturated carbocycles. The van der Waals surface area contributed by atoms with Gasteiger partial charge in [0.25, 0.3) is 0 Å². The van der Waals surface area contributed by atoms with Crippen LogP contribution < -0.4 is 20.1 Å². The Morgan fingerprint density at radius 2 is 1.65 bits per heavy atom. The van der Waals surface area contributed by atoms with E-state index in [0.717, 1.165) is 56.1 Å². The van der Waals surface area contributed by atoms with Gasteiger partial charge < -0.3 is 24.8 Å². The first-order valence-electron chi connectivity index (χ1n) is 12.4. The quantitative estimate of drug-likeness (QED) is 0.467. The number of piperazine rings is 1. The third-order valence-electron chi connectivity index (χ3n) is 6.16. The molecule has 0 bridgehead atoms. The topological polar surface area (TPSA) is 92.4 Å². The lowest BCUT2D eigenvalue weighted by Crippen LogP contribution is -2.52. The van der Waals surface area contributed by atoms with Crippen LogP contribution in [-0.2, 0) is 14.3 Å². The molecule has 1 unspecified atom stereocenters. The largest absolute Gasteiger partial charge is 0.490 e. The highest BCUT2D eigenvalue weighted by Crippen LogP contribution is 2.34. The van der Waals surface area contributed by atoms with E-state index in [4.69, 9.17) is 14.2 Å². The van der Waals surface area contributed by atoms with E-state index in [0.29, 0.717) is 39.5 Å². The molecule has 1 fully saturated rings. The third-order valence-corrected chi connectivity index (χ3v) is 6.16. The summed E-state index contributed by atoms with van der Waals surface area (Å²) in [6, 6.07) is 5.83. The number of carbonyl (C=O) groups is 2. The molecule has 0 spiro atoms. The third kappa shape index (κ3) is 8.14. The molecule has 2 N–H and O–H groups in total. The molecule has 2 heterocycles. The molecule has 34 heavy (non-hydrogen) atoms. The summed E-state index contributed by atoms with van der Waals surface area (Å²) in [5.74, 6) is 1.78. The Morgan fingerprint density at radius 1 is 1.00 bits per heavy atom. The second-order valence-corrected chi connectivity index (χ2v) is 9.29. The first-order chi connectivity index (χ1) is 16.5. The minimum Gasteiger partial charge on any atom is -0.490 e. The standard InChI is InChI=1S/C25H40N4O5/c1-19(2)25(20-6-7-21-22(16-20)34-15-5-14-33-21)27-24(31)18-29-11-9-28(10-12-29)17-23(30)26-8-4-13-32-3/h6-7,16,19,25H,4-5,8-15,17-18H2,1-3H3,(H,26,30)(H,27,31). The van der Waals surface area contributed by atoms with Gasteiger partial charge in [-0.3, -0.25) is 19.4 Å². The highest BCUT2D eigenvalue weighted by Gasteiger charge is 2.24. The molecule has 0 aliphatic carbocycles. The van der Waals surface area contributed by atoms with E-state index in [1.165, 1.54) is 0 Å². The van der Waals surface area contributed by atoms with Crippen molar-refractivity contribution in [1.82, 2.24) is 20.4 Å². The molecular weight excluding hydrogens is 436 g/mol. The second-order valence-electron chi connectivity index (χ2n) is 9.29. The summed E-state index contributed by atoms with van der Waals surface area (Å²) in [7, 11) is 1.66. The summed E-state index contributed by atoms with van der Waals surface area (Å²) in [6.07, 6.45) is 1.68. The monoisotopic (exact) mass is 476 g/mol. The number of benzene rings is 1. The van der Waals surface area contributed by atoms with Crippen LogP contribution in [0.1, 0.15) is 38.3 Å². The SMILES string of the molecule is COCCCNC(=O)CN1CCN(CC(=O)NC(c2ccc3c(c2)OCCCO3)C(C)C)CC1. The molecule has 0 radical (unpaired) electrons. The van der Waals surface area contributed by atoms with Crippen molar-refractivity contribution in [3.63, 3.8) is 0 Å². The first-order valence-corrected chi connectivity index (χ1v) is 12.4. The fourth-order valence-electron chi connectivity index (χ4n) is 4.24. The van der Waals surface area contributed by atoms with Gasteiger partial charge in [0.15, 0.2) is 11.5 Å². The number of methoxy groups -OCH3 is 1. The van der Waals surface area contributed by atoms with Crippen LogP contribution in [0.3, 0.4) is 0 Å². The normalized spacial score (nSPS) is 17.8. The predicted octanol–water partition coefficient (Wildman–Crippen LogP) is 1.43. The zero-order valence-corrected chi connectivity index (χ0v) is 20.8. The predicted molar refractivity (Wildman–Crippen MR) is 130 cm³/mol. The van der Waals surface area contributed by atoms with Gasteiger partial charge in [0.1, 0.15) is 0 Å². The van der Waals surface area contributed by atoms with Crippen molar-refractivity contribution in [2.45, 2.75) is 32.7 Å². The molecule has 1 saturated heterocycles. The van der Waals surface area contributed by atoms with Gasteiger partial charge in [-0.2, -0.15) is 0 Å². The molecule has 2 aliphatic rings. The molecule has 9 heteroatoms. The van der Waals surface area contributed by atoms with E-state index in [1.54, 1.807) is 7.11 Å². The van der Waals surface area contributed by atoms with Crippen molar-refractivity contribution >= 4 is 11.8 Å². The van der Waals surface area contributed by atoms with E-state index in [1.807, 2.05) is 18.2 Å². The van der Waals surface area contributed by atoms with Crippen molar-refractivity contribution in [3.05, 3.63) is 23.8 Å². The van der Waals surface area contributed by atoms with Gasteiger partial charge >= 0.3 is 0 Å². The van der Waals surface area contributed by atoms with Crippen LogP contribution in [-0.4, -0.2) is 94.4 Å². The number of ether oxygens (including phenoxy) is 3. The van der Waals surface area contributed by atoms with Gasteiger partial charge in [-0.25, -0.2) is 0 Å². The van der Waals surface area contributed by atoms with Crippen LogP contribution >= 0.6 is 0 Å². The minimum absolute atomic E-state index is 0.00940. The Hall–Kier alpha value is -2.36. The van der Waals surface area contributed by atoms with E-state index in [-0.39, 0.29) is 23.8 Å². The van der Waals surface area contributed by atoms with Crippen molar-refractivity contribution in [2.75, 3.05) is 72.7 Å². The molecule has 9 nitrogen and oxygen atoms in total. The number of rotatable bonds is 11. The van der Waals surface area contributed by atoms with Crippen LogP contribution in [0.15, 0.2) is 18.2 Å². The van der Waals surface area contributed by atoms with Gasteiger partial charge in [0, 0.05) is 52.9 Å². The number of fused-ring (bicyclic) bond motifs is 1. The first kappa shape index (κ1) is 26.2. The molecule has 2 amide bonds. The second kappa shape index (κ2) is 13.5. The number of nitrogens with one attached hydrogen (secondary N) is 2. The zero-order valence-electron chi connectivity index (χ0n) is 20.8. The number of hydrogen-bond acceptors (Lipinski definition) is 7. The van der Waals surface area contributed by atoms with Crippen molar-refractivity contribution in [2.24, 2.45) is 5.92 Å². The fraction of sp³-hybridized carbons (Fsp3) is 0.680. The van der Waals surface area contributed by atoms with Gasteiger partial charge in [-0.15, -0.1) is 0 Å². The maximum atomic E-state index is 12.9. The Bertz CT molecular complexity index is 796. The summed E-state index contributed by atoms with van der Waals surface area (Å²) in [4.78, 5) is 29.2. The number of hydrogen-bond donors (Lipinski definition) is 2. The summed E-state index contributed by atoms with van der Waals surface area (Å²) >= 11 is 0. The van der Waals surface area contributed by atoms with Crippen molar-refractivity contribution in [1.29, 1.82) is 0 Å². The van der Waals surface area contributed by atoms with Gasteiger partial charge in [0.2, 0.25) is 11.8 Å². The summed E-state index contributed by atoms with van der Waals surface area (Å²) < 4.78 is 16.6. The highest BCUT2D eigenvalue weighted by molar-refractivity contribution is 5.79. The maximum absolute atomic E-state index is 12.9. The van der Waals surface area contributed by atoms with Crippen LogP contribution in [0.5, 0.6) is 11.5 Å². The lowest BCUT2D eigenvalue weighted by molar-refractivity contribution is -0.125. The van der Waals surface area contributed by atoms with E-state index < -0.39 is 0 Å². The average molecular weight is 477 g/mol. The van der Waals surface area contributed by atoms with Crippen LogP contribution in [0.2, 0.25) is 0 Å². The van der Waals surface area contributed by atoms with E-state index in [2.05, 4.69) is 34.3 Å². The Kier molecular flexibility index (Phi) is 10.4. The van der Waals surface area contributed by atoms with E-state index in [9.17, 15) is 9.59 Å². The fourth-order valence-corrected chi connectivity index (χ4v) is 4.24. The van der Waals surface area contributed by atoms with Gasteiger partial charge in [-0.05, 0) is 30.0 Å². The molecular formula is C25H40N4O5. The molecule has 190 valence electrons.